The molecular weight excluding hydrogens is 258 g/mol. The molecular formula is C15H21NO4. The van der Waals surface area contributed by atoms with Crippen molar-refractivity contribution in [1.82, 2.24) is 0 Å². The molecule has 0 aliphatic heterocycles. The van der Waals surface area contributed by atoms with E-state index in [1.54, 1.807) is 39.0 Å². The second-order valence-electron chi connectivity index (χ2n) is 4.68. The van der Waals surface area contributed by atoms with Gasteiger partial charge < -0.3 is 15.2 Å². The molecule has 1 rings (SSSR count). The van der Waals surface area contributed by atoms with E-state index < -0.39 is 5.97 Å². The van der Waals surface area contributed by atoms with Crippen molar-refractivity contribution >= 4 is 17.6 Å². The largest absolute Gasteiger partial charge is 0.466 e. The van der Waals surface area contributed by atoms with Gasteiger partial charge in [-0.05, 0) is 44.9 Å². The zero-order chi connectivity index (χ0) is 15.1. The van der Waals surface area contributed by atoms with E-state index in [0.29, 0.717) is 24.3 Å². The summed E-state index contributed by atoms with van der Waals surface area (Å²) in [6.45, 7) is 5.69. The lowest BCUT2D eigenvalue weighted by atomic mass is 10.0. The van der Waals surface area contributed by atoms with Gasteiger partial charge in [0, 0.05) is 12.1 Å². The standard InChI is InChI=1S/C15H21NO4/c1-4-19-14(17)8-6-11-5-7-13(16)12(9-11)15(18)20-10(2)3/h5,7,9-10H,4,6,8,16H2,1-3H3. The number of hydrogen-bond acceptors (Lipinski definition) is 5. The van der Waals surface area contributed by atoms with Gasteiger partial charge >= 0.3 is 11.9 Å². The summed E-state index contributed by atoms with van der Waals surface area (Å²) in [5.41, 5.74) is 7.33. The smallest absolute Gasteiger partial charge is 0.340 e. The normalized spacial score (nSPS) is 10.4. The molecule has 0 aliphatic carbocycles. The van der Waals surface area contributed by atoms with Gasteiger partial charge in [0.1, 0.15) is 0 Å². The third-order valence-electron chi connectivity index (χ3n) is 2.60. The molecule has 0 amide bonds. The summed E-state index contributed by atoms with van der Waals surface area (Å²) < 4.78 is 9.99. The van der Waals surface area contributed by atoms with Crippen molar-refractivity contribution in [2.45, 2.75) is 39.7 Å². The average molecular weight is 279 g/mol. The summed E-state index contributed by atoms with van der Waals surface area (Å²) in [7, 11) is 0. The van der Waals surface area contributed by atoms with E-state index in [9.17, 15) is 9.59 Å². The van der Waals surface area contributed by atoms with Gasteiger partial charge in [-0.1, -0.05) is 6.07 Å². The third kappa shape index (κ3) is 4.91. The number of esters is 2. The summed E-state index contributed by atoms with van der Waals surface area (Å²) in [4.78, 5) is 23.2. The van der Waals surface area contributed by atoms with Crippen molar-refractivity contribution in [2.75, 3.05) is 12.3 Å². The van der Waals surface area contributed by atoms with Gasteiger partial charge in [-0.25, -0.2) is 4.79 Å². The van der Waals surface area contributed by atoms with Gasteiger partial charge in [-0.15, -0.1) is 0 Å². The Labute approximate surface area is 119 Å². The number of carbonyl (C=O) groups is 2. The highest BCUT2D eigenvalue weighted by Gasteiger charge is 2.14. The van der Waals surface area contributed by atoms with Gasteiger partial charge in [-0.3, -0.25) is 4.79 Å². The Balaban J connectivity index is 2.75. The highest BCUT2D eigenvalue weighted by atomic mass is 16.5. The molecule has 0 bridgehead atoms. The van der Waals surface area contributed by atoms with Crippen LogP contribution in [0.25, 0.3) is 0 Å². The maximum Gasteiger partial charge on any atom is 0.340 e. The van der Waals surface area contributed by atoms with E-state index in [-0.39, 0.29) is 18.5 Å². The van der Waals surface area contributed by atoms with Crippen LogP contribution in [0.15, 0.2) is 18.2 Å². The summed E-state index contributed by atoms with van der Waals surface area (Å²) >= 11 is 0. The number of hydrogen-bond donors (Lipinski definition) is 1. The van der Waals surface area contributed by atoms with Crippen LogP contribution in [0, 0.1) is 0 Å². The molecule has 0 radical (unpaired) electrons. The fourth-order valence-electron chi connectivity index (χ4n) is 1.69. The number of aryl methyl sites for hydroxylation is 1. The van der Waals surface area contributed by atoms with Crippen LogP contribution in [0.3, 0.4) is 0 Å². The summed E-state index contributed by atoms with van der Waals surface area (Å²) in [6.07, 6.45) is 0.572. The van der Waals surface area contributed by atoms with Crippen LogP contribution in [-0.2, 0) is 20.7 Å². The van der Waals surface area contributed by atoms with Crippen LogP contribution in [0.5, 0.6) is 0 Å². The molecule has 1 aromatic rings. The molecule has 5 nitrogen and oxygen atoms in total. The predicted octanol–water partition coefficient (Wildman–Crippen LogP) is 2.33. The zero-order valence-electron chi connectivity index (χ0n) is 12.1. The lowest BCUT2D eigenvalue weighted by Gasteiger charge is -2.11. The van der Waals surface area contributed by atoms with Crippen molar-refractivity contribution in [3.05, 3.63) is 29.3 Å². The molecule has 0 aliphatic rings. The molecule has 0 atom stereocenters. The second kappa shape index (κ2) is 7.53. The SMILES string of the molecule is CCOC(=O)CCc1ccc(N)c(C(=O)OC(C)C)c1. The molecule has 0 saturated carbocycles. The average Bonchev–Trinajstić information content (AvgIpc) is 2.37. The van der Waals surface area contributed by atoms with Crippen LogP contribution in [0.4, 0.5) is 5.69 Å². The minimum absolute atomic E-state index is 0.204. The first-order valence-corrected chi connectivity index (χ1v) is 6.69. The number of carbonyl (C=O) groups excluding carboxylic acids is 2. The van der Waals surface area contributed by atoms with Crippen molar-refractivity contribution < 1.29 is 19.1 Å². The lowest BCUT2D eigenvalue weighted by molar-refractivity contribution is -0.143. The molecule has 0 saturated heterocycles. The number of ether oxygens (including phenoxy) is 2. The molecule has 0 fully saturated rings. The molecule has 2 N–H and O–H groups in total. The van der Waals surface area contributed by atoms with Crippen LogP contribution >= 0.6 is 0 Å². The number of rotatable bonds is 6. The van der Waals surface area contributed by atoms with E-state index in [4.69, 9.17) is 15.2 Å². The van der Waals surface area contributed by atoms with E-state index in [0.717, 1.165) is 5.56 Å². The number of benzene rings is 1. The first-order valence-electron chi connectivity index (χ1n) is 6.69. The van der Waals surface area contributed by atoms with Crippen LogP contribution in [-0.4, -0.2) is 24.6 Å². The highest BCUT2D eigenvalue weighted by molar-refractivity contribution is 5.95. The van der Waals surface area contributed by atoms with Crippen molar-refractivity contribution in [2.24, 2.45) is 0 Å². The molecule has 5 heteroatoms. The topological polar surface area (TPSA) is 78.6 Å². The maximum absolute atomic E-state index is 11.9. The first-order chi connectivity index (χ1) is 9.43. The minimum atomic E-state index is -0.449. The van der Waals surface area contributed by atoms with Crippen LogP contribution < -0.4 is 5.73 Å². The molecule has 0 heterocycles. The van der Waals surface area contributed by atoms with Crippen molar-refractivity contribution in [3.63, 3.8) is 0 Å². The van der Waals surface area contributed by atoms with Gasteiger partial charge in [0.2, 0.25) is 0 Å². The molecule has 0 aromatic heterocycles. The Morgan fingerprint density at radius 2 is 2.00 bits per heavy atom. The highest BCUT2D eigenvalue weighted by Crippen LogP contribution is 2.17. The van der Waals surface area contributed by atoms with Crippen LogP contribution in [0.2, 0.25) is 0 Å². The summed E-state index contributed by atoms with van der Waals surface area (Å²) in [5.74, 6) is -0.703. The second-order valence-corrected chi connectivity index (χ2v) is 4.68. The molecule has 0 unspecified atom stereocenters. The Hall–Kier alpha value is -2.04. The fourth-order valence-corrected chi connectivity index (χ4v) is 1.69. The van der Waals surface area contributed by atoms with Gasteiger partial charge in [0.25, 0.3) is 0 Å². The molecule has 0 spiro atoms. The van der Waals surface area contributed by atoms with E-state index in [2.05, 4.69) is 0 Å². The minimum Gasteiger partial charge on any atom is -0.466 e. The quantitative estimate of drug-likeness (QED) is 0.638. The Morgan fingerprint density at radius 3 is 2.60 bits per heavy atom. The van der Waals surface area contributed by atoms with E-state index in [1.807, 2.05) is 0 Å². The number of nitrogens with two attached hydrogens (primary N) is 1. The number of nitrogen functional groups attached to an aromatic ring is 1. The number of anilines is 1. The zero-order valence-corrected chi connectivity index (χ0v) is 12.1. The summed E-state index contributed by atoms with van der Waals surface area (Å²) in [6, 6.07) is 5.11. The fraction of sp³-hybridized carbons (Fsp3) is 0.467. The molecule has 1 aromatic carbocycles. The van der Waals surface area contributed by atoms with Gasteiger partial charge in [0.05, 0.1) is 18.3 Å². The lowest BCUT2D eigenvalue weighted by Crippen LogP contribution is -2.14. The molecule has 110 valence electrons. The van der Waals surface area contributed by atoms with Crippen molar-refractivity contribution in [3.8, 4) is 0 Å². The van der Waals surface area contributed by atoms with Crippen LogP contribution in [0.1, 0.15) is 43.1 Å². The van der Waals surface area contributed by atoms with Gasteiger partial charge in [0.15, 0.2) is 0 Å². The van der Waals surface area contributed by atoms with E-state index in [1.165, 1.54) is 0 Å². The first kappa shape index (κ1) is 16.0. The molecule has 20 heavy (non-hydrogen) atoms. The van der Waals surface area contributed by atoms with E-state index >= 15 is 0 Å². The summed E-state index contributed by atoms with van der Waals surface area (Å²) in [5, 5.41) is 0. The Morgan fingerprint density at radius 1 is 1.30 bits per heavy atom. The monoisotopic (exact) mass is 279 g/mol. The predicted molar refractivity (Wildman–Crippen MR) is 76.4 cm³/mol. The maximum atomic E-state index is 11.9. The Bertz CT molecular complexity index is 483. The van der Waals surface area contributed by atoms with Crippen molar-refractivity contribution in [1.29, 1.82) is 0 Å². The Kier molecular flexibility index (Phi) is 6.03. The third-order valence-corrected chi connectivity index (χ3v) is 2.60. The van der Waals surface area contributed by atoms with Gasteiger partial charge in [-0.2, -0.15) is 0 Å².